The van der Waals surface area contributed by atoms with Crippen LogP contribution in [0.3, 0.4) is 0 Å². The van der Waals surface area contributed by atoms with E-state index in [0.717, 1.165) is 6.42 Å². The smallest absolute Gasteiger partial charge is 0.326 e. The first-order valence-electron chi connectivity index (χ1n) is 7.35. The SMILES string of the molecule is CCCC[C@H](NC(=O)c1c(C)oc2ncn(C)c(=O)c12)C(=O)O. The Bertz CT molecular complexity index is 805. The van der Waals surface area contributed by atoms with Crippen molar-refractivity contribution < 1.29 is 19.1 Å². The molecule has 0 unspecified atom stereocenters. The molecule has 0 bridgehead atoms. The molecule has 0 radical (unpaired) electrons. The predicted molar refractivity (Wildman–Crippen MR) is 82.4 cm³/mol. The summed E-state index contributed by atoms with van der Waals surface area (Å²) in [7, 11) is 1.51. The zero-order valence-corrected chi connectivity index (χ0v) is 13.3. The van der Waals surface area contributed by atoms with Gasteiger partial charge in [-0.15, -0.1) is 0 Å². The fraction of sp³-hybridized carbons (Fsp3) is 0.467. The van der Waals surface area contributed by atoms with Crippen molar-refractivity contribution in [1.82, 2.24) is 14.9 Å². The molecule has 0 aliphatic rings. The molecule has 0 aliphatic carbocycles. The molecule has 23 heavy (non-hydrogen) atoms. The summed E-state index contributed by atoms with van der Waals surface area (Å²) in [5.41, 5.74) is -0.315. The van der Waals surface area contributed by atoms with E-state index in [9.17, 15) is 19.5 Å². The predicted octanol–water partition coefficient (Wildman–Crippen LogP) is 1.21. The summed E-state index contributed by atoms with van der Waals surface area (Å²) in [6.07, 6.45) is 3.11. The van der Waals surface area contributed by atoms with Gasteiger partial charge in [-0.3, -0.25) is 9.59 Å². The zero-order chi connectivity index (χ0) is 17.1. The zero-order valence-electron chi connectivity index (χ0n) is 13.3. The number of carboxylic acid groups (broad SMARTS) is 1. The molecule has 1 atom stereocenters. The first-order chi connectivity index (χ1) is 10.9. The quantitative estimate of drug-likeness (QED) is 0.826. The molecule has 8 nitrogen and oxygen atoms in total. The Morgan fingerprint density at radius 1 is 1.48 bits per heavy atom. The standard InChI is InChI=1S/C15H19N3O5/c1-4-5-6-9(15(21)22)17-12(19)10-8(2)23-13-11(10)14(20)18(3)7-16-13/h7,9H,4-6H2,1-3H3,(H,17,19)(H,21,22)/t9-/m0/s1. The molecule has 0 aromatic carbocycles. The van der Waals surface area contributed by atoms with Gasteiger partial charge in [-0.05, 0) is 13.3 Å². The summed E-state index contributed by atoms with van der Waals surface area (Å²) < 4.78 is 6.58. The van der Waals surface area contributed by atoms with Gasteiger partial charge in [-0.2, -0.15) is 0 Å². The number of aliphatic carboxylic acids is 1. The summed E-state index contributed by atoms with van der Waals surface area (Å²) in [5, 5.41) is 11.7. The number of aryl methyl sites for hydroxylation is 2. The molecule has 0 fully saturated rings. The van der Waals surface area contributed by atoms with E-state index in [0.29, 0.717) is 12.8 Å². The van der Waals surface area contributed by atoms with Gasteiger partial charge in [0.25, 0.3) is 11.5 Å². The third kappa shape index (κ3) is 3.25. The number of rotatable bonds is 6. The third-order valence-electron chi connectivity index (χ3n) is 3.62. The Balaban J connectivity index is 2.41. The number of furan rings is 1. The van der Waals surface area contributed by atoms with Crippen molar-refractivity contribution in [3.8, 4) is 0 Å². The van der Waals surface area contributed by atoms with Crippen LogP contribution >= 0.6 is 0 Å². The molecule has 2 rings (SSSR count). The summed E-state index contributed by atoms with van der Waals surface area (Å²) in [4.78, 5) is 39.9. The average Bonchev–Trinajstić information content (AvgIpc) is 2.84. The van der Waals surface area contributed by atoms with E-state index in [-0.39, 0.29) is 22.4 Å². The second-order valence-electron chi connectivity index (χ2n) is 5.38. The van der Waals surface area contributed by atoms with Gasteiger partial charge in [0.2, 0.25) is 5.71 Å². The first kappa shape index (κ1) is 16.7. The van der Waals surface area contributed by atoms with Crippen LogP contribution in [0.5, 0.6) is 0 Å². The minimum atomic E-state index is -1.11. The van der Waals surface area contributed by atoms with Gasteiger partial charge in [-0.25, -0.2) is 9.78 Å². The maximum Gasteiger partial charge on any atom is 0.326 e. The van der Waals surface area contributed by atoms with Crippen LogP contribution in [-0.2, 0) is 11.8 Å². The number of hydrogen-bond acceptors (Lipinski definition) is 5. The molecular weight excluding hydrogens is 302 g/mol. The molecule has 0 saturated carbocycles. The number of carboxylic acids is 1. The van der Waals surface area contributed by atoms with Crippen LogP contribution in [0.2, 0.25) is 0 Å². The van der Waals surface area contributed by atoms with Crippen LogP contribution in [-0.4, -0.2) is 32.6 Å². The van der Waals surface area contributed by atoms with Gasteiger partial charge in [-0.1, -0.05) is 19.8 Å². The molecule has 2 aromatic heterocycles. The Labute approximate surface area is 132 Å². The number of fused-ring (bicyclic) bond motifs is 1. The van der Waals surface area contributed by atoms with Gasteiger partial charge in [0, 0.05) is 7.05 Å². The van der Waals surface area contributed by atoms with Gasteiger partial charge in [0.15, 0.2) is 0 Å². The van der Waals surface area contributed by atoms with E-state index in [4.69, 9.17) is 4.42 Å². The summed E-state index contributed by atoms with van der Waals surface area (Å²) in [6, 6.07) is -1.01. The topological polar surface area (TPSA) is 114 Å². The van der Waals surface area contributed by atoms with Crippen molar-refractivity contribution >= 4 is 23.0 Å². The van der Waals surface area contributed by atoms with Crippen molar-refractivity contribution in [1.29, 1.82) is 0 Å². The highest BCUT2D eigenvalue weighted by Gasteiger charge is 2.26. The van der Waals surface area contributed by atoms with Crippen LogP contribution in [0.15, 0.2) is 15.5 Å². The highest BCUT2D eigenvalue weighted by molar-refractivity contribution is 6.07. The minimum absolute atomic E-state index is 0.0384. The molecule has 2 N–H and O–H groups in total. The fourth-order valence-electron chi connectivity index (χ4n) is 2.36. The van der Waals surface area contributed by atoms with Crippen molar-refractivity contribution in [2.24, 2.45) is 7.05 Å². The van der Waals surface area contributed by atoms with Crippen LogP contribution in [0.25, 0.3) is 11.1 Å². The molecule has 0 aliphatic heterocycles. The lowest BCUT2D eigenvalue weighted by molar-refractivity contribution is -0.139. The lowest BCUT2D eigenvalue weighted by Gasteiger charge is -2.13. The maximum absolute atomic E-state index is 12.5. The summed E-state index contributed by atoms with van der Waals surface area (Å²) >= 11 is 0. The molecule has 2 heterocycles. The highest BCUT2D eigenvalue weighted by atomic mass is 16.4. The second-order valence-corrected chi connectivity index (χ2v) is 5.38. The van der Waals surface area contributed by atoms with Crippen LogP contribution in [0, 0.1) is 6.92 Å². The largest absolute Gasteiger partial charge is 0.480 e. The number of hydrogen-bond donors (Lipinski definition) is 2. The third-order valence-corrected chi connectivity index (χ3v) is 3.62. The molecule has 124 valence electrons. The number of carbonyl (C=O) groups is 2. The first-order valence-corrected chi connectivity index (χ1v) is 7.35. The van der Waals surface area contributed by atoms with Gasteiger partial charge in [0.1, 0.15) is 23.5 Å². The van der Waals surface area contributed by atoms with Crippen molar-refractivity contribution in [3.63, 3.8) is 0 Å². The Morgan fingerprint density at radius 2 is 2.17 bits per heavy atom. The van der Waals surface area contributed by atoms with E-state index in [1.165, 1.54) is 24.9 Å². The number of nitrogens with zero attached hydrogens (tertiary/aromatic N) is 2. The monoisotopic (exact) mass is 321 g/mol. The molecule has 0 saturated heterocycles. The number of unbranched alkanes of at least 4 members (excludes halogenated alkanes) is 1. The summed E-state index contributed by atoms with van der Waals surface area (Å²) in [6.45, 7) is 3.47. The average molecular weight is 321 g/mol. The molecular formula is C15H19N3O5. The van der Waals surface area contributed by atoms with Crippen molar-refractivity contribution in [3.05, 3.63) is 28.0 Å². The van der Waals surface area contributed by atoms with Gasteiger partial charge in [0.05, 0.1) is 5.56 Å². The van der Waals surface area contributed by atoms with E-state index in [2.05, 4.69) is 10.3 Å². The summed E-state index contributed by atoms with van der Waals surface area (Å²) in [5.74, 6) is -1.52. The molecule has 8 heteroatoms. The normalized spacial score (nSPS) is 12.3. The minimum Gasteiger partial charge on any atom is -0.480 e. The lowest BCUT2D eigenvalue weighted by Crippen LogP contribution is -2.41. The fourth-order valence-corrected chi connectivity index (χ4v) is 2.36. The van der Waals surface area contributed by atoms with Crippen LogP contribution in [0.1, 0.15) is 42.3 Å². The molecule has 2 aromatic rings. The van der Waals surface area contributed by atoms with Gasteiger partial charge >= 0.3 is 5.97 Å². The number of aromatic nitrogens is 2. The highest BCUT2D eigenvalue weighted by Crippen LogP contribution is 2.21. The van der Waals surface area contributed by atoms with Gasteiger partial charge < -0.3 is 19.4 Å². The van der Waals surface area contributed by atoms with Crippen LogP contribution < -0.4 is 10.9 Å². The molecule has 0 spiro atoms. The van der Waals surface area contributed by atoms with E-state index < -0.39 is 23.5 Å². The Morgan fingerprint density at radius 3 is 2.78 bits per heavy atom. The number of carbonyl (C=O) groups excluding carboxylic acids is 1. The second kappa shape index (κ2) is 6.64. The van der Waals surface area contributed by atoms with E-state index in [1.807, 2.05) is 6.92 Å². The Kier molecular flexibility index (Phi) is 4.83. The van der Waals surface area contributed by atoms with E-state index in [1.54, 1.807) is 0 Å². The maximum atomic E-state index is 12.5. The van der Waals surface area contributed by atoms with Crippen LogP contribution in [0.4, 0.5) is 0 Å². The van der Waals surface area contributed by atoms with Crippen molar-refractivity contribution in [2.75, 3.05) is 0 Å². The van der Waals surface area contributed by atoms with Crippen molar-refractivity contribution in [2.45, 2.75) is 39.2 Å². The van der Waals surface area contributed by atoms with E-state index >= 15 is 0 Å². The number of amides is 1. The Hall–Kier alpha value is -2.64. The lowest BCUT2D eigenvalue weighted by atomic mass is 10.1. The number of nitrogens with one attached hydrogen (secondary N) is 1. The molecule has 1 amide bonds.